The lowest BCUT2D eigenvalue weighted by Gasteiger charge is -2.31. The maximum absolute atomic E-state index is 12.8. The van der Waals surface area contributed by atoms with Gasteiger partial charge in [0.05, 0.1) is 25.2 Å². The van der Waals surface area contributed by atoms with Crippen molar-refractivity contribution in [1.29, 1.82) is 5.26 Å². The summed E-state index contributed by atoms with van der Waals surface area (Å²) in [4.78, 5) is 15.3. The maximum atomic E-state index is 12.8. The van der Waals surface area contributed by atoms with E-state index >= 15 is 0 Å². The smallest absolute Gasteiger partial charge is 0.280 e. The van der Waals surface area contributed by atoms with Crippen LogP contribution in [0.5, 0.6) is 0 Å². The van der Waals surface area contributed by atoms with Crippen LogP contribution in [0, 0.1) is 37.0 Å². The Balaban J connectivity index is 1.79. The van der Waals surface area contributed by atoms with Crippen LogP contribution in [-0.4, -0.2) is 30.1 Å². The zero-order chi connectivity index (χ0) is 19.6. The van der Waals surface area contributed by atoms with Gasteiger partial charge in [-0.05, 0) is 37.3 Å². The SMILES string of the molecule is Cc1c(C#N)c(NC(=O)C[NH+]2C[C@H](C)C[C@H](C)C2)n(Cc2cccs2)c1C. The first-order valence-corrected chi connectivity index (χ1v) is 10.5. The molecule has 3 heterocycles. The zero-order valence-corrected chi connectivity index (χ0v) is 17.4. The molecule has 0 aliphatic carbocycles. The van der Waals surface area contributed by atoms with E-state index in [-0.39, 0.29) is 5.91 Å². The van der Waals surface area contributed by atoms with E-state index in [9.17, 15) is 10.1 Å². The summed E-state index contributed by atoms with van der Waals surface area (Å²) in [6.07, 6.45) is 1.24. The molecule has 1 fully saturated rings. The maximum Gasteiger partial charge on any atom is 0.280 e. The van der Waals surface area contributed by atoms with E-state index in [2.05, 4.69) is 35.9 Å². The minimum Gasteiger partial charge on any atom is -0.327 e. The van der Waals surface area contributed by atoms with Gasteiger partial charge in [0.15, 0.2) is 6.54 Å². The Bertz CT molecular complexity index is 837. The van der Waals surface area contributed by atoms with Crippen LogP contribution in [-0.2, 0) is 11.3 Å². The number of nitrogens with one attached hydrogen (secondary N) is 2. The van der Waals surface area contributed by atoms with Crippen molar-refractivity contribution < 1.29 is 9.69 Å². The third-order valence-electron chi connectivity index (χ3n) is 5.58. The molecule has 5 nitrogen and oxygen atoms in total. The summed E-state index contributed by atoms with van der Waals surface area (Å²) >= 11 is 1.69. The molecule has 27 heavy (non-hydrogen) atoms. The second-order valence-electron chi connectivity index (χ2n) is 8.04. The van der Waals surface area contributed by atoms with E-state index in [1.165, 1.54) is 16.2 Å². The van der Waals surface area contributed by atoms with Gasteiger partial charge in [-0.25, -0.2) is 0 Å². The number of carbonyl (C=O) groups is 1. The topological polar surface area (TPSA) is 62.3 Å². The number of nitriles is 1. The lowest BCUT2D eigenvalue weighted by Crippen LogP contribution is -3.15. The number of piperidine rings is 1. The van der Waals surface area contributed by atoms with Crippen LogP contribution in [0.3, 0.4) is 0 Å². The van der Waals surface area contributed by atoms with Crippen molar-refractivity contribution in [2.24, 2.45) is 11.8 Å². The Morgan fingerprint density at radius 2 is 2.07 bits per heavy atom. The van der Waals surface area contributed by atoms with Gasteiger partial charge in [0.1, 0.15) is 11.9 Å². The number of likely N-dealkylation sites (tertiary alicyclic amines) is 1. The number of nitrogens with zero attached hydrogens (tertiary/aromatic N) is 2. The van der Waals surface area contributed by atoms with Crippen molar-refractivity contribution in [3.63, 3.8) is 0 Å². The number of anilines is 1. The monoisotopic (exact) mass is 385 g/mol. The average Bonchev–Trinajstić information content (AvgIpc) is 3.17. The van der Waals surface area contributed by atoms with Gasteiger partial charge in [0.2, 0.25) is 0 Å². The highest BCUT2D eigenvalue weighted by Crippen LogP contribution is 2.28. The van der Waals surface area contributed by atoms with Crippen LogP contribution < -0.4 is 10.2 Å². The van der Waals surface area contributed by atoms with Gasteiger partial charge in [0.25, 0.3) is 5.91 Å². The minimum absolute atomic E-state index is 0.00673. The Labute approximate surface area is 165 Å². The lowest BCUT2D eigenvalue weighted by molar-refractivity contribution is -0.904. The third-order valence-corrected chi connectivity index (χ3v) is 6.44. The quantitative estimate of drug-likeness (QED) is 0.831. The third kappa shape index (κ3) is 4.42. The predicted molar refractivity (Wildman–Crippen MR) is 109 cm³/mol. The molecule has 144 valence electrons. The summed E-state index contributed by atoms with van der Waals surface area (Å²) in [7, 11) is 0. The molecule has 2 aromatic rings. The highest BCUT2D eigenvalue weighted by molar-refractivity contribution is 7.09. The van der Waals surface area contributed by atoms with Gasteiger partial charge in [-0.15, -0.1) is 11.3 Å². The molecule has 1 aliphatic rings. The first kappa shape index (κ1) is 19.7. The van der Waals surface area contributed by atoms with Crippen LogP contribution in [0.25, 0.3) is 0 Å². The van der Waals surface area contributed by atoms with Crippen molar-refractivity contribution in [3.05, 3.63) is 39.2 Å². The van der Waals surface area contributed by atoms with Gasteiger partial charge < -0.3 is 14.8 Å². The van der Waals surface area contributed by atoms with E-state index in [0.29, 0.717) is 36.3 Å². The summed E-state index contributed by atoms with van der Waals surface area (Å²) in [6.45, 7) is 11.7. The normalized spacial score (nSPS) is 22.4. The summed E-state index contributed by atoms with van der Waals surface area (Å²) in [5.41, 5.74) is 2.55. The summed E-state index contributed by atoms with van der Waals surface area (Å²) < 4.78 is 2.06. The van der Waals surface area contributed by atoms with Crippen LogP contribution in [0.4, 0.5) is 5.82 Å². The van der Waals surface area contributed by atoms with E-state index < -0.39 is 0 Å². The van der Waals surface area contributed by atoms with Gasteiger partial charge in [-0.2, -0.15) is 5.26 Å². The Hall–Kier alpha value is -2.10. The number of hydrogen-bond acceptors (Lipinski definition) is 3. The minimum atomic E-state index is -0.00673. The first-order valence-electron chi connectivity index (χ1n) is 9.64. The molecule has 3 rings (SSSR count). The molecule has 1 unspecified atom stereocenters. The molecule has 2 aromatic heterocycles. The lowest BCUT2D eigenvalue weighted by atomic mass is 9.92. The largest absolute Gasteiger partial charge is 0.327 e. The molecular weight excluding hydrogens is 356 g/mol. The van der Waals surface area contributed by atoms with E-state index in [1.54, 1.807) is 11.3 Å². The average molecular weight is 386 g/mol. The summed E-state index contributed by atoms with van der Waals surface area (Å²) in [5, 5.41) is 14.8. The van der Waals surface area contributed by atoms with E-state index in [4.69, 9.17) is 0 Å². The number of carbonyl (C=O) groups excluding carboxylic acids is 1. The number of hydrogen-bond donors (Lipinski definition) is 2. The molecule has 0 saturated carbocycles. The molecular formula is C21H29N4OS+. The predicted octanol–water partition coefficient (Wildman–Crippen LogP) is 2.59. The van der Waals surface area contributed by atoms with Gasteiger partial charge in [-0.1, -0.05) is 19.9 Å². The van der Waals surface area contributed by atoms with Crippen molar-refractivity contribution in [3.8, 4) is 6.07 Å². The van der Waals surface area contributed by atoms with Crippen LogP contribution in [0.1, 0.15) is 42.0 Å². The van der Waals surface area contributed by atoms with Crippen molar-refractivity contribution in [2.75, 3.05) is 25.0 Å². The molecule has 2 N–H and O–H groups in total. The van der Waals surface area contributed by atoms with Crippen molar-refractivity contribution in [2.45, 2.75) is 40.7 Å². The number of thiophene rings is 1. The second kappa shape index (κ2) is 8.28. The van der Waals surface area contributed by atoms with E-state index in [1.807, 2.05) is 25.3 Å². The standard InChI is InChI=1S/C21H28N4OS/c1-14-8-15(2)11-24(10-14)13-20(26)23-21-19(9-22)16(3)17(4)25(21)12-18-6-5-7-27-18/h5-7,14-15H,8,10-13H2,1-4H3,(H,23,26)/p+1/t14-,15+. The molecule has 1 amide bonds. The Morgan fingerprint density at radius 3 is 2.67 bits per heavy atom. The zero-order valence-electron chi connectivity index (χ0n) is 16.6. The molecule has 0 radical (unpaired) electrons. The Kier molecular flexibility index (Phi) is 6.03. The molecule has 0 bridgehead atoms. The summed E-state index contributed by atoms with van der Waals surface area (Å²) in [6, 6.07) is 6.39. The fraction of sp³-hybridized carbons (Fsp3) is 0.524. The molecule has 3 atom stereocenters. The van der Waals surface area contributed by atoms with Crippen molar-refractivity contribution >= 4 is 23.1 Å². The van der Waals surface area contributed by atoms with Gasteiger partial charge in [-0.3, -0.25) is 4.79 Å². The van der Waals surface area contributed by atoms with Gasteiger partial charge in [0, 0.05) is 22.4 Å². The number of amides is 1. The molecule has 0 spiro atoms. The fourth-order valence-corrected chi connectivity index (χ4v) is 5.05. The van der Waals surface area contributed by atoms with Crippen LogP contribution in [0.2, 0.25) is 0 Å². The first-order chi connectivity index (χ1) is 12.9. The van der Waals surface area contributed by atoms with E-state index in [0.717, 1.165) is 24.3 Å². The Morgan fingerprint density at radius 1 is 1.37 bits per heavy atom. The number of quaternary nitrogens is 1. The number of rotatable bonds is 5. The molecule has 0 aromatic carbocycles. The molecule has 1 aliphatic heterocycles. The molecule has 6 heteroatoms. The highest BCUT2D eigenvalue weighted by Gasteiger charge is 2.28. The van der Waals surface area contributed by atoms with Crippen LogP contribution >= 0.6 is 11.3 Å². The van der Waals surface area contributed by atoms with Crippen LogP contribution in [0.15, 0.2) is 17.5 Å². The van der Waals surface area contributed by atoms with Gasteiger partial charge >= 0.3 is 0 Å². The number of aromatic nitrogens is 1. The summed E-state index contributed by atoms with van der Waals surface area (Å²) in [5.74, 6) is 1.94. The van der Waals surface area contributed by atoms with Crippen molar-refractivity contribution in [1.82, 2.24) is 4.57 Å². The molecule has 1 saturated heterocycles. The second-order valence-corrected chi connectivity index (χ2v) is 9.07. The highest BCUT2D eigenvalue weighted by atomic mass is 32.1. The fourth-order valence-electron chi connectivity index (χ4n) is 4.36.